The predicted molar refractivity (Wildman–Crippen MR) is 136 cm³/mol. The van der Waals surface area contributed by atoms with Crippen LogP contribution in [0.4, 0.5) is 5.69 Å². The highest BCUT2D eigenvalue weighted by Gasteiger charge is 2.40. The highest BCUT2D eigenvalue weighted by atomic mass is 35.5. The fourth-order valence-electron chi connectivity index (χ4n) is 4.27. The van der Waals surface area contributed by atoms with Gasteiger partial charge >= 0.3 is 0 Å². The smallest absolute Gasteiger partial charge is 0.261 e. The first-order valence-corrected chi connectivity index (χ1v) is 14.2. The Hall–Kier alpha value is -2.47. The molecule has 0 aliphatic carbocycles. The number of rotatable bonds is 7. The molecular weight excluding hydrogens is 512 g/mol. The summed E-state index contributed by atoms with van der Waals surface area (Å²) in [5.74, 6) is -0.772. The van der Waals surface area contributed by atoms with E-state index >= 15 is 0 Å². The van der Waals surface area contributed by atoms with Crippen LogP contribution in [0.1, 0.15) is 46.2 Å². The van der Waals surface area contributed by atoms with E-state index in [2.05, 4.69) is 10.6 Å². The number of benzene rings is 1. The van der Waals surface area contributed by atoms with E-state index in [0.29, 0.717) is 27.7 Å². The number of nitrogens with zero attached hydrogens (tertiary/aromatic N) is 2. The number of halogens is 1. The molecule has 2 aliphatic heterocycles. The monoisotopic (exact) mass is 538 g/mol. The van der Waals surface area contributed by atoms with Crippen LogP contribution in [-0.2, 0) is 14.8 Å². The van der Waals surface area contributed by atoms with Crippen molar-refractivity contribution in [1.82, 2.24) is 14.9 Å². The number of amides is 3. The largest absolute Gasteiger partial charge is 0.346 e. The van der Waals surface area contributed by atoms with Crippen molar-refractivity contribution in [3.8, 4) is 0 Å². The first-order valence-electron chi connectivity index (χ1n) is 11.4. The van der Waals surface area contributed by atoms with Crippen LogP contribution in [0.3, 0.4) is 0 Å². The molecular formula is C23H27ClN4O5S2. The van der Waals surface area contributed by atoms with Gasteiger partial charge in [0, 0.05) is 37.3 Å². The lowest BCUT2D eigenvalue weighted by Crippen LogP contribution is -2.50. The Morgan fingerprint density at radius 1 is 1.03 bits per heavy atom. The first kappa shape index (κ1) is 25.6. The Kier molecular flexibility index (Phi) is 7.80. The standard InChI is InChI=1S/C23H27ClN4O5S2/c1-2-35(32,33)27-13-17(18(14-27)26-23(31)19-10-11-20(24)34-19)25-22(30)15-6-8-16(9-7-15)28-12-4-3-5-21(28)29/h6-11,17-18H,2-5,12-14H2,1H3,(H,25,30)(H,26,31)/t17-,18+/m0/s1. The van der Waals surface area contributed by atoms with Crippen LogP contribution < -0.4 is 15.5 Å². The molecule has 12 heteroatoms. The van der Waals surface area contributed by atoms with Crippen molar-refractivity contribution < 1.29 is 22.8 Å². The molecule has 2 fully saturated rings. The molecule has 3 heterocycles. The van der Waals surface area contributed by atoms with Crippen LogP contribution in [-0.4, -0.2) is 67.9 Å². The number of nitrogens with one attached hydrogen (secondary N) is 2. The molecule has 188 valence electrons. The van der Waals surface area contributed by atoms with Gasteiger partial charge in [-0.1, -0.05) is 11.6 Å². The second kappa shape index (κ2) is 10.7. The SMILES string of the molecule is CCS(=O)(=O)N1C[C@H](NC(=O)c2ccc(N3CCCCC3=O)cc2)[C@H](NC(=O)c2ccc(Cl)s2)C1. The fraction of sp³-hybridized carbons (Fsp3) is 0.435. The summed E-state index contributed by atoms with van der Waals surface area (Å²) in [4.78, 5) is 40.0. The van der Waals surface area contributed by atoms with Gasteiger partial charge in [0.1, 0.15) is 0 Å². The molecule has 0 radical (unpaired) electrons. The molecule has 2 aromatic rings. The van der Waals surface area contributed by atoms with Crippen molar-refractivity contribution in [3.63, 3.8) is 0 Å². The molecule has 2 aliphatic rings. The molecule has 9 nitrogen and oxygen atoms in total. The lowest BCUT2D eigenvalue weighted by atomic mass is 10.1. The summed E-state index contributed by atoms with van der Waals surface area (Å²) in [6, 6.07) is 8.74. The van der Waals surface area contributed by atoms with E-state index in [9.17, 15) is 22.8 Å². The van der Waals surface area contributed by atoms with Gasteiger partial charge in [0.2, 0.25) is 15.9 Å². The Bertz CT molecular complexity index is 1210. The summed E-state index contributed by atoms with van der Waals surface area (Å²) in [6.07, 6.45) is 2.35. The van der Waals surface area contributed by atoms with Gasteiger partial charge in [-0.2, -0.15) is 4.31 Å². The van der Waals surface area contributed by atoms with Crippen LogP contribution in [0.25, 0.3) is 0 Å². The molecule has 2 N–H and O–H groups in total. The van der Waals surface area contributed by atoms with Crippen LogP contribution in [0.5, 0.6) is 0 Å². The third-order valence-electron chi connectivity index (χ3n) is 6.24. The van der Waals surface area contributed by atoms with Crippen LogP contribution in [0.15, 0.2) is 36.4 Å². The normalized spacial score (nSPS) is 21.2. The number of thiophene rings is 1. The topological polar surface area (TPSA) is 116 Å². The van der Waals surface area contributed by atoms with E-state index in [-0.39, 0.29) is 36.6 Å². The summed E-state index contributed by atoms with van der Waals surface area (Å²) >= 11 is 7.05. The highest BCUT2D eigenvalue weighted by Crippen LogP contribution is 2.24. The minimum Gasteiger partial charge on any atom is -0.346 e. The zero-order chi connectivity index (χ0) is 25.2. The molecule has 2 atom stereocenters. The van der Waals surface area contributed by atoms with Crippen molar-refractivity contribution in [3.05, 3.63) is 51.2 Å². The van der Waals surface area contributed by atoms with Gasteiger partial charge in [-0.15, -0.1) is 11.3 Å². The second-order valence-corrected chi connectivity index (χ2v) is 12.5. The molecule has 35 heavy (non-hydrogen) atoms. The summed E-state index contributed by atoms with van der Waals surface area (Å²) in [5, 5.41) is 5.72. The molecule has 0 spiro atoms. The van der Waals surface area contributed by atoms with Crippen LogP contribution in [0, 0.1) is 0 Å². The van der Waals surface area contributed by atoms with Crippen molar-refractivity contribution in [2.75, 3.05) is 30.3 Å². The van der Waals surface area contributed by atoms with Gasteiger partial charge in [-0.3, -0.25) is 14.4 Å². The molecule has 1 aromatic carbocycles. The van der Waals surface area contributed by atoms with Gasteiger partial charge in [-0.05, 0) is 56.2 Å². The number of piperidine rings is 1. The average molecular weight is 539 g/mol. The van der Waals surface area contributed by atoms with Crippen molar-refractivity contribution in [2.24, 2.45) is 0 Å². The van der Waals surface area contributed by atoms with Gasteiger partial charge in [0.25, 0.3) is 11.8 Å². The fourth-order valence-corrected chi connectivity index (χ4v) is 6.36. The zero-order valence-electron chi connectivity index (χ0n) is 19.2. The molecule has 2 saturated heterocycles. The van der Waals surface area contributed by atoms with E-state index < -0.39 is 22.1 Å². The number of hydrogen-bond acceptors (Lipinski definition) is 6. The predicted octanol–water partition coefficient (Wildman–Crippen LogP) is 2.48. The molecule has 4 rings (SSSR count). The van der Waals surface area contributed by atoms with Gasteiger partial charge in [0.15, 0.2) is 0 Å². The summed E-state index contributed by atoms with van der Waals surface area (Å²) in [5.41, 5.74) is 1.12. The highest BCUT2D eigenvalue weighted by molar-refractivity contribution is 7.89. The lowest BCUT2D eigenvalue weighted by molar-refractivity contribution is -0.119. The first-order chi connectivity index (χ1) is 16.7. The zero-order valence-corrected chi connectivity index (χ0v) is 21.6. The quantitative estimate of drug-likeness (QED) is 0.562. The number of sulfonamides is 1. The second-order valence-electron chi connectivity index (χ2n) is 8.53. The van der Waals surface area contributed by atoms with E-state index in [1.54, 1.807) is 48.2 Å². The number of anilines is 1. The Morgan fingerprint density at radius 2 is 1.69 bits per heavy atom. The van der Waals surface area contributed by atoms with Crippen molar-refractivity contribution in [1.29, 1.82) is 0 Å². The van der Waals surface area contributed by atoms with Gasteiger partial charge < -0.3 is 15.5 Å². The maximum Gasteiger partial charge on any atom is 0.261 e. The van der Waals surface area contributed by atoms with Gasteiger partial charge in [0.05, 0.1) is 27.1 Å². The van der Waals surface area contributed by atoms with Crippen molar-refractivity contribution >= 4 is 56.4 Å². The number of carbonyl (C=O) groups excluding carboxylic acids is 3. The maximum absolute atomic E-state index is 13.0. The Labute approximate surface area is 213 Å². The summed E-state index contributed by atoms with van der Waals surface area (Å²) < 4.78 is 26.7. The Morgan fingerprint density at radius 3 is 2.26 bits per heavy atom. The summed E-state index contributed by atoms with van der Waals surface area (Å²) in [6.45, 7) is 2.32. The number of carbonyl (C=O) groups is 3. The number of hydrogen-bond donors (Lipinski definition) is 2. The molecule has 1 aromatic heterocycles. The van der Waals surface area contributed by atoms with E-state index in [0.717, 1.165) is 29.9 Å². The maximum atomic E-state index is 13.0. The third kappa shape index (κ3) is 5.85. The lowest BCUT2D eigenvalue weighted by Gasteiger charge is -2.27. The third-order valence-corrected chi connectivity index (χ3v) is 9.28. The van der Waals surface area contributed by atoms with E-state index in [1.165, 1.54) is 4.31 Å². The van der Waals surface area contributed by atoms with Crippen LogP contribution >= 0.6 is 22.9 Å². The summed E-state index contributed by atoms with van der Waals surface area (Å²) in [7, 11) is -3.51. The van der Waals surface area contributed by atoms with E-state index in [4.69, 9.17) is 11.6 Å². The van der Waals surface area contributed by atoms with E-state index in [1.807, 2.05) is 0 Å². The van der Waals surface area contributed by atoms with Gasteiger partial charge in [-0.25, -0.2) is 8.42 Å². The molecule has 0 unspecified atom stereocenters. The molecule has 0 bridgehead atoms. The minimum absolute atomic E-state index is 0.0540. The average Bonchev–Trinajstić information content (AvgIpc) is 3.46. The Balaban J connectivity index is 1.47. The van der Waals surface area contributed by atoms with Crippen LogP contribution in [0.2, 0.25) is 4.34 Å². The minimum atomic E-state index is -3.51. The molecule has 3 amide bonds. The van der Waals surface area contributed by atoms with Crippen molar-refractivity contribution in [2.45, 2.75) is 38.3 Å². The molecule has 0 saturated carbocycles.